The molecule has 1 saturated heterocycles. The minimum Gasteiger partial charge on any atom is -0.313 e. The van der Waals surface area contributed by atoms with Gasteiger partial charge in [0.05, 0.1) is 0 Å². The van der Waals surface area contributed by atoms with Crippen LogP contribution in [-0.2, 0) is 0 Å². The van der Waals surface area contributed by atoms with E-state index in [0.717, 1.165) is 6.04 Å². The molecule has 0 aliphatic carbocycles. The van der Waals surface area contributed by atoms with E-state index >= 15 is 0 Å². The Balaban J connectivity index is 2.51. The molecule has 0 spiro atoms. The van der Waals surface area contributed by atoms with Crippen LogP contribution < -0.4 is 5.32 Å². The largest absolute Gasteiger partial charge is 0.313 e. The second kappa shape index (κ2) is 2.91. The average Bonchev–Trinajstić information content (AvgIpc) is 1.87. The lowest BCUT2D eigenvalue weighted by Crippen LogP contribution is -2.46. The number of nitrogens with one attached hydrogen (secondary N) is 1. The lowest BCUT2D eigenvalue weighted by atomic mass is 9.76. The Morgan fingerprint density at radius 3 is 2.60 bits per heavy atom. The van der Waals surface area contributed by atoms with Gasteiger partial charge in [-0.3, -0.25) is 0 Å². The SMILES string of the molecule is CCC1NCCCC1(C)C. The maximum absolute atomic E-state index is 3.56. The van der Waals surface area contributed by atoms with Crippen molar-refractivity contribution in [3.05, 3.63) is 0 Å². The van der Waals surface area contributed by atoms with Crippen LogP contribution in [0.4, 0.5) is 0 Å². The zero-order valence-electron chi connectivity index (χ0n) is 7.41. The fourth-order valence-corrected chi connectivity index (χ4v) is 1.97. The minimum atomic E-state index is 0.535. The molecule has 1 atom stereocenters. The van der Waals surface area contributed by atoms with Gasteiger partial charge in [-0.15, -0.1) is 0 Å². The maximum Gasteiger partial charge on any atom is 0.0116 e. The molecule has 60 valence electrons. The molecule has 1 fully saturated rings. The number of piperidine rings is 1. The number of rotatable bonds is 1. The first-order chi connectivity index (χ1) is 4.67. The summed E-state index contributed by atoms with van der Waals surface area (Å²) in [6.45, 7) is 8.23. The van der Waals surface area contributed by atoms with E-state index in [-0.39, 0.29) is 0 Å². The highest BCUT2D eigenvalue weighted by molar-refractivity contribution is 4.86. The number of hydrogen-bond donors (Lipinski definition) is 1. The van der Waals surface area contributed by atoms with Gasteiger partial charge in [-0.05, 0) is 31.2 Å². The predicted octanol–water partition coefficient (Wildman–Crippen LogP) is 2.17. The van der Waals surface area contributed by atoms with E-state index in [1.165, 1.54) is 25.8 Å². The van der Waals surface area contributed by atoms with Crippen molar-refractivity contribution in [2.75, 3.05) is 6.54 Å². The van der Waals surface area contributed by atoms with Crippen molar-refractivity contribution in [1.82, 2.24) is 5.32 Å². The number of hydrogen-bond acceptors (Lipinski definition) is 1. The fourth-order valence-electron chi connectivity index (χ4n) is 1.97. The van der Waals surface area contributed by atoms with E-state index in [0.29, 0.717) is 5.41 Å². The highest BCUT2D eigenvalue weighted by Crippen LogP contribution is 2.31. The Bertz CT molecular complexity index is 107. The molecule has 1 rings (SSSR count). The van der Waals surface area contributed by atoms with Crippen molar-refractivity contribution in [3.8, 4) is 0 Å². The van der Waals surface area contributed by atoms with Crippen LogP contribution in [0.2, 0.25) is 0 Å². The average molecular weight is 141 g/mol. The summed E-state index contributed by atoms with van der Waals surface area (Å²) in [6, 6.07) is 0.751. The van der Waals surface area contributed by atoms with Gasteiger partial charge in [0.15, 0.2) is 0 Å². The Morgan fingerprint density at radius 2 is 2.20 bits per heavy atom. The van der Waals surface area contributed by atoms with E-state index in [4.69, 9.17) is 0 Å². The Kier molecular flexibility index (Phi) is 2.35. The maximum atomic E-state index is 3.56. The van der Waals surface area contributed by atoms with Gasteiger partial charge in [-0.2, -0.15) is 0 Å². The molecule has 1 unspecified atom stereocenters. The summed E-state index contributed by atoms with van der Waals surface area (Å²) in [4.78, 5) is 0. The van der Waals surface area contributed by atoms with Crippen LogP contribution >= 0.6 is 0 Å². The van der Waals surface area contributed by atoms with Crippen LogP contribution in [-0.4, -0.2) is 12.6 Å². The van der Waals surface area contributed by atoms with Gasteiger partial charge < -0.3 is 5.32 Å². The van der Waals surface area contributed by atoms with Crippen molar-refractivity contribution < 1.29 is 0 Å². The van der Waals surface area contributed by atoms with E-state index in [9.17, 15) is 0 Å². The molecule has 0 aromatic heterocycles. The molecule has 1 aliphatic heterocycles. The van der Waals surface area contributed by atoms with E-state index in [2.05, 4.69) is 26.1 Å². The molecule has 10 heavy (non-hydrogen) atoms. The lowest BCUT2D eigenvalue weighted by Gasteiger charge is -2.38. The van der Waals surface area contributed by atoms with Gasteiger partial charge in [0.2, 0.25) is 0 Å². The molecule has 0 bridgehead atoms. The Hall–Kier alpha value is -0.0400. The van der Waals surface area contributed by atoms with Crippen LogP contribution in [0.15, 0.2) is 0 Å². The van der Waals surface area contributed by atoms with Gasteiger partial charge in [-0.25, -0.2) is 0 Å². The normalized spacial score (nSPS) is 32.1. The summed E-state index contributed by atoms with van der Waals surface area (Å²) in [5, 5.41) is 3.56. The predicted molar refractivity (Wildman–Crippen MR) is 45.1 cm³/mol. The first-order valence-corrected chi connectivity index (χ1v) is 4.40. The molecule has 1 nitrogen and oxygen atoms in total. The van der Waals surface area contributed by atoms with Gasteiger partial charge in [0.25, 0.3) is 0 Å². The molecule has 1 heterocycles. The third-order valence-electron chi connectivity index (χ3n) is 2.74. The molecule has 0 radical (unpaired) electrons. The molecule has 0 amide bonds. The van der Waals surface area contributed by atoms with Crippen molar-refractivity contribution >= 4 is 0 Å². The molecule has 1 heteroatoms. The van der Waals surface area contributed by atoms with Crippen LogP contribution in [0.3, 0.4) is 0 Å². The van der Waals surface area contributed by atoms with Crippen molar-refractivity contribution in [1.29, 1.82) is 0 Å². The van der Waals surface area contributed by atoms with Gasteiger partial charge in [-0.1, -0.05) is 20.8 Å². The van der Waals surface area contributed by atoms with E-state index in [1.807, 2.05) is 0 Å². The summed E-state index contributed by atoms with van der Waals surface area (Å²) in [6.07, 6.45) is 4.01. The molecular formula is C9H19N. The molecule has 0 saturated carbocycles. The smallest absolute Gasteiger partial charge is 0.0116 e. The second-order valence-electron chi connectivity index (χ2n) is 4.01. The monoisotopic (exact) mass is 141 g/mol. The van der Waals surface area contributed by atoms with E-state index in [1.54, 1.807) is 0 Å². The summed E-state index contributed by atoms with van der Waals surface area (Å²) < 4.78 is 0. The van der Waals surface area contributed by atoms with Crippen molar-refractivity contribution in [3.63, 3.8) is 0 Å². The molecular weight excluding hydrogens is 122 g/mol. The van der Waals surface area contributed by atoms with Gasteiger partial charge >= 0.3 is 0 Å². The quantitative estimate of drug-likeness (QED) is 0.590. The van der Waals surface area contributed by atoms with Crippen LogP contribution in [0.1, 0.15) is 40.0 Å². The van der Waals surface area contributed by atoms with Crippen LogP contribution in [0.5, 0.6) is 0 Å². The molecule has 1 N–H and O–H groups in total. The van der Waals surface area contributed by atoms with E-state index < -0.39 is 0 Å². The molecule has 0 aromatic rings. The first kappa shape index (κ1) is 8.06. The summed E-state index contributed by atoms with van der Waals surface area (Å²) in [5.41, 5.74) is 0.535. The van der Waals surface area contributed by atoms with Crippen LogP contribution in [0, 0.1) is 5.41 Å². The Labute approximate surface area is 64.2 Å². The van der Waals surface area contributed by atoms with Gasteiger partial charge in [0, 0.05) is 6.04 Å². The first-order valence-electron chi connectivity index (χ1n) is 4.40. The second-order valence-corrected chi connectivity index (χ2v) is 4.01. The Morgan fingerprint density at radius 1 is 1.50 bits per heavy atom. The summed E-state index contributed by atoms with van der Waals surface area (Å²) in [5.74, 6) is 0. The molecule has 1 aliphatic rings. The van der Waals surface area contributed by atoms with Crippen molar-refractivity contribution in [2.24, 2.45) is 5.41 Å². The lowest BCUT2D eigenvalue weighted by molar-refractivity contribution is 0.175. The third-order valence-corrected chi connectivity index (χ3v) is 2.74. The minimum absolute atomic E-state index is 0.535. The summed E-state index contributed by atoms with van der Waals surface area (Å²) >= 11 is 0. The van der Waals surface area contributed by atoms with Crippen LogP contribution in [0.25, 0.3) is 0 Å². The van der Waals surface area contributed by atoms with Crippen molar-refractivity contribution in [2.45, 2.75) is 46.1 Å². The fraction of sp³-hybridized carbons (Fsp3) is 1.00. The zero-order chi connectivity index (χ0) is 7.61. The highest BCUT2D eigenvalue weighted by Gasteiger charge is 2.29. The summed E-state index contributed by atoms with van der Waals surface area (Å²) in [7, 11) is 0. The molecule has 0 aromatic carbocycles. The third kappa shape index (κ3) is 1.51. The highest BCUT2D eigenvalue weighted by atomic mass is 14.9. The topological polar surface area (TPSA) is 12.0 Å². The zero-order valence-corrected chi connectivity index (χ0v) is 7.41. The van der Waals surface area contributed by atoms with Gasteiger partial charge in [0.1, 0.15) is 0 Å². The standard InChI is InChI=1S/C9H19N/c1-4-8-9(2,3)6-5-7-10-8/h8,10H,4-7H2,1-3H3.